The van der Waals surface area contributed by atoms with E-state index in [0.29, 0.717) is 10.0 Å². The van der Waals surface area contributed by atoms with Crippen LogP contribution in [-0.4, -0.2) is 18.4 Å². The molecule has 1 rings (SSSR count). The van der Waals surface area contributed by atoms with Gasteiger partial charge in [-0.15, -0.1) is 0 Å². The highest BCUT2D eigenvalue weighted by atomic mass is 35.5. The molecule has 0 atom stereocenters. The number of Topliss-reactive ketones (excluding diaryl/α,β-unsaturated/α-hetero) is 1. The molecule has 0 aliphatic heterocycles. The molecular formula is C13H12Cl2O3. The molecule has 18 heavy (non-hydrogen) atoms. The van der Waals surface area contributed by atoms with Crippen LogP contribution < -0.4 is 0 Å². The van der Waals surface area contributed by atoms with E-state index in [1.54, 1.807) is 30.4 Å². The van der Waals surface area contributed by atoms with Crippen LogP contribution in [0.2, 0.25) is 10.0 Å². The highest BCUT2D eigenvalue weighted by molar-refractivity contribution is 6.42. The minimum atomic E-state index is -0.538. The Labute approximate surface area is 115 Å². The zero-order valence-electron chi connectivity index (χ0n) is 9.78. The zero-order valence-corrected chi connectivity index (χ0v) is 11.3. The van der Waals surface area contributed by atoms with E-state index in [4.69, 9.17) is 27.9 Å². The fourth-order valence-electron chi connectivity index (χ4n) is 1.22. The Morgan fingerprint density at radius 2 is 2.06 bits per heavy atom. The summed E-state index contributed by atoms with van der Waals surface area (Å²) in [4.78, 5) is 21.7. The van der Waals surface area contributed by atoms with Gasteiger partial charge >= 0.3 is 5.97 Å². The van der Waals surface area contributed by atoms with Crippen LogP contribution in [0, 0.1) is 0 Å². The van der Waals surface area contributed by atoms with Crippen molar-refractivity contribution < 1.29 is 14.3 Å². The summed E-state index contributed by atoms with van der Waals surface area (Å²) < 4.78 is 4.82. The second kappa shape index (κ2) is 7.19. The van der Waals surface area contributed by atoms with E-state index in [0.717, 1.165) is 5.56 Å². The molecule has 0 radical (unpaired) electrons. The van der Waals surface area contributed by atoms with Crippen LogP contribution >= 0.6 is 23.2 Å². The average Bonchev–Trinajstić information content (AvgIpc) is 2.29. The lowest BCUT2D eigenvalue weighted by atomic mass is 10.2. The third kappa shape index (κ3) is 4.90. The maximum atomic E-state index is 11.1. The Morgan fingerprint density at radius 3 is 2.72 bits per heavy atom. The zero-order chi connectivity index (χ0) is 13.5. The standard InChI is InChI=1S/C13H12Cl2O3/c1-9(16)8-12(17)18-7-3-5-10-4-2-6-11(14)13(10)15/h2-6H,7-8H2,1H3. The number of benzene rings is 1. The number of esters is 1. The van der Waals surface area contributed by atoms with Crippen molar-refractivity contribution in [2.75, 3.05) is 6.61 Å². The largest absolute Gasteiger partial charge is 0.461 e. The second-order valence-electron chi connectivity index (χ2n) is 3.61. The van der Waals surface area contributed by atoms with Gasteiger partial charge in [-0.3, -0.25) is 9.59 Å². The molecule has 0 saturated carbocycles. The van der Waals surface area contributed by atoms with Crippen molar-refractivity contribution in [2.45, 2.75) is 13.3 Å². The molecule has 3 nitrogen and oxygen atoms in total. The van der Waals surface area contributed by atoms with Gasteiger partial charge in [0.05, 0.1) is 10.0 Å². The lowest BCUT2D eigenvalue weighted by Crippen LogP contribution is -2.08. The second-order valence-corrected chi connectivity index (χ2v) is 4.39. The molecular weight excluding hydrogens is 275 g/mol. The van der Waals surface area contributed by atoms with Crippen LogP contribution in [0.5, 0.6) is 0 Å². The van der Waals surface area contributed by atoms with Crippen molar-refractivity contribution in [2.24, 2.45) is 0 Å². The normalized spacial score (nSPS) is 10.6. The summed E-state index contributed by atoms with van der Waals surface area (Å²) in [5.41, 5.74) is 0.742. The molecule has 0 aromatic heterocycles. The van der Waals surface area contributed by atoms with Crippen molar-refractivity contribution in [3.8, 4) is 0 Å². The third-order valence-electron chi connectivity index (χ3n) is 2.01. The van der Waals surface area contributed by atoms with E-state index in [2.05, 4.69) is 0 Å². The maximum Gasteiger partial charge on any atom is 0.313 e. The molecule has 1 aromatic rings. The van der Waals surface area contributed by atoms with Crippen LogP contribution in [-0.2, 0) is 14.3 Å². The molecule has 1 aromatic carbocycles. The minimum Gasteiger partial charge on any atom is -0.461 e. The Morgan fingerprint density at radius 1 is 1.33 bits per heavy atom. The van der Waals surface area contributed by atoms with Crippen LogP contribution in [0.4, 0.5) is 0 Å². The van der Waals surface area contributed by atoms with Gasteiger partial charge in [0.1, 0.15) is 18.8 Å². The van der Waals surface area contributed by atoms with Crippen molar-refractivity contribution in [3.63, 3.8) is 0 Å². The Hall–Kier alpha value is -1.32. The first-order valence-electron chi connectivity index (χ1n) is 5.26. The molecule has 96 valence electrons. The SMILES string of the molecule is CC(=O)CC(=O)OCC=Cc1cccc(Cl)c1Cl. The highest BCUT2D eigenvalue weighted by Gasteiger charge is 2.05. The molecule has 0 unspecified atom stereocenters. The molecule has 0 amide bonds. The number of rotatable bonds is 5. The predicted molar refractivity (Wildman–Crippen MR) is 71.8 cm³/mol. The molecule has 0 spiro atoms. The summed E-state index contributed by atoms with van der Waals surface area (Å²) in [5.74, 6) is -0.758. The van der Waals surface area contributed by atoms with E-state index in [-0.39, 0.29) is 18.8 Å². The van der Waals surface area contributed by atoms with Crippen molar-refractivity contribution >= 4 is 41.0 Å². The fraction of sp³-hybridized carbons (Fsp3) is 0.231. The maximum absolute atomic E-state index is 11.1. The van der Waals surface area contributed by atoms with E-state index in [1.165, 1.54) is 6.92 Å². The molecule has 0 aliphatic carbocycles. The van der Waals surface area contributed by atoms with Gasteiger partial charge in [0.15, 0.2) is 0 Å². The number of halogens is 2. The number of hydrogen-bond acceptors (Lipinski definition) is 3. The van der Waals surface area contributed by atoms with E-state index >= 15 is 0 Å². The minimum absolute atomic E-state index is 0.0922. The van der Waals surface area contributed by atoms with Gasteiger partial charge in [0, 0.05) is 0 Å². The number of carbonyl (C=O) groups excluding carboxylic acids is 2. The van der Waals surface area contributed by atoms with Gasteiger partial charge in [-0.05, 0) is 24.6 Å². The summed E-state index contributed by atoms with van der Waals surface area (Å²) in [6, 6.07) is 5.26. The number of ether oxygens (including phenoxy) is 1. The summed E-state index contributed by atoms with van der Waals surface area (Å²) in [6.07, 6.45) is 3.14. The Kier molecular flexibility index (Phi) is 5.89. The summed E-state index contributed by atoms with van der Waals surface area (Å²) in [5, 5.41) is 0.915. The van der Waals surface area contributed by atoms with E-state index in [9.17, 15) is 9.59 Å². The first kappa shape index (κ1) is 14.7. The quantitative estimate of drug-likeness (QED) is 0.614. The average molecular weight is 287 g/mol. The smallest absolute Gasteiger partial charge is 0.313 e. The molecule has 5 heteroatoms. The molecule has 0 bridgehead atoms. The molecule has 0 saturated heterocycles. The van der Waals surface area contributed by atoms with Crippen molar-refractivity contribution in [1.29, 1.82) is 0 Å². The lowest BCUT2D eigenvalue weighted by molar-refractivity contribution is -0.144. The predicted octanol–water partition coefficient (Wildman–Crippen LogP) is 3.53. The van der Waals surface area contributed by atoms with Gasteiger partial charge in [-0.25, -0.2) is 0 Å². The fourth-order valence-corrected chi connectivity index (χ4v) is 1.59. The van der Waals surface area contributed by atoms with Crippen molar-refractivity contribution in [1.82, 2.24) is 0 Å². The molecule has 0 heterocycles. The van der Waals surface area contributed by atoms with Crippen LogP contribution in [0.15, 0.2) is 24.3 Å². The number of ketones is 1. The molecule has 0 N–H and O–H groups in total. The molecule has 0 aliphatic rings. The lowest BCUT2D eigenvalue weighted by Gasteiger charge is -2.01. The third-order valence-corrected chi connectivity index (χ3v) is 2.85. The van der Waals surface area contributed by atoms with Crippen LogP contribution in [0.3, 0.4) is 0 Å². The number of carbonyl (C=O) groups is 2. The van der Waals surface area contributed by atoms with Crippen LogP contribution in [0.25, 0.3) is 6.08 Å². The van der Waals surface area contributed by atoms with Gasteiger partial charge in [-0.2, -0.15) is 0 Å². The topological polar surface area (TPSA) is 43.4 Å². The van der Waals surface area contributed by atoms with Crippen LogP contribution in [0.1, 0.15) is 18.9 Å². The van der Waals surface area contributed by atoms with Gasteiger partial charge in [0.2, 0.25) is 0 Å². The van der Waals surface area contributed by atoms with Gasteiger partial charge < -0.3 is 4.74 Å². The summed E-state index contributed by atoms with van der Waals surface area (Å²) >= 11 is 11.8. The van der Waals surface area contributed by atoms with E-state index in [1.807, 2.05) is 0 Å². The van der Waals surface area contributed by atoms with Gasteiger partial charge in [-0.1, -0.05) is 41.4 Å². The molecule has 0 fully saturated rings. The highest BCUT2D eigenvalue weighted by Crippen LogP contribution is 2.26. The first-order valence-corrected chi connectivity index (χ1v) is 6.02. The van der Waals surface area contributed by atoms with Crippen molar-refractivity contribution in [3.05, 3.63) is 39.9 Å². The number of hydrogen-bond donors (Lipinski definition) is 0. The first-order chi connectivity index (χ1) is 8.50. The monoisotopic (exact) mass is 286 g/mol. The summed E-state index contributed by atoms with van der Waals surface area (Å²) in [6.45, 7) is 1.43. The van der Waals surface area contributed by atoms with Gasteiger partial charge in [0.25, 0.3) is 0 Å². The summed E-state index contributed by atoms with van der Waals surface area (Å²) in [7, 11) is 0. The Balaban J connectivity index is 2.48. The Bertz CT molecular complexity index is 481. The van der Waals surface area contributed by atoms with E-state index < -0.39 is 5.97 Å².